The van der Waals surface area contributed by atoms with Crippen LogP contribution < -0.4 is 10.6 Å². The van der Waals surface area contributed by atoms with E-state index in [4.69, 9.17) is 0 Å². The Morgan fingerprint density at radius 1 is 1.21 bits per heavy atom. The second kappa shape index (κ2) is 7.90. The number of nitrogens with zero attached hydrogens (tertiary/aromatic N) is 1. The first-order valence-corrected chi connectivity index (χ1v) is 9.22. The lowest BCUT2D eigenvalue weighted by atomic mass is 9.96. The van der Waals surface area contributed by atoms with Gasteiger partial charge in [-0.1, -0.05) is 48.8 Å². The van der Waals surface area contributed by atoms with Crippen molar-refractivity contribution in [2.24, 2.45) is 5.41 Å². The minimum absolute atomic E-state index is 0.0675. The second-order valence-electron chi connectivity index (χ2n) is 6.35. The average molecular weight is 410 g/mol. The number of anilines is 1. The summed E-state index contributed by atoms with van der Waals surface area (Å²) in [5, 5.41) is 7.98. The highest BCUT2D eigenvalue weighted by molar-refractivity contribution is 9.10. The standard InChI is InChI=1S/C17H20BrN3O2S/c1-17(2,3)15(23)19-9-8-14(22)21-16-20-13(10-24-16)11-4-6-12(18)7-5-11/h4-7,10H,8-9H2,1-3H3,(H,19,23)(H,20,21,22). The molecule has 0 spiro atoms. The number of carbonyl (C=O) groups is 2. The van der Waals surface area contributed by atoms with Crippen molar-refractivity contribution in [3.05, 3.63) is 34.1 Å². The van der Waals surface area contributed by atoms with Gasteiger partial charge in [0.2, 0.25) is 11.8 Å². The third-order valence-corrected chi connectivity index (χ3v) is 4.50. The van der Waals surface area contributed by atoms with E-state index in [1.54, 1.807) is 0 Å². The molecule has 0 bridgehead atoms. The summed E-state index contributed by atoms with van der Waals surface area (Å²) in [6, 6.07) is 7.83. The average Bonchev–Trinajstić information content (AvgIpc) is 2.95. The Balaban J connectivity index is 1.85. The van der Waals surface area contributed by atoms with Crippen LogP contribution in [0.25, 0.3) is 11.3 Å². The molecule has 7 heteroatoms. The first kappa shape index (κ1) is 18.6. The number of halogens is 1. The lowest BCUT2D eigenvalue weighted by Gasteiger charge is -2.17. The maximum Gasteiger partial charge on any atom is 0.227 e. The Morgan fingerprint density at radius 2 is 1.88 bits per heavy atom. The van der Waals surface area contributed by atoms with Gasteiger partial charge in [0.15, 0.2) is 5.13 Å². The fraction of sp³-hybridized carbons (Fsp3) is 0.353. The van der Waals surface area contributed by atoms with Crippen molar-refractivity contribution in [3.63, 3.8) is 0 Å². The molecule has 1 aromatic carbocycles. The topological polar surface area (TPSA) is 71.1 Å². The first-order valence-electron chi connectivity index (χ1n) is 7.55. The highest BCUT2D eigenvalue weighted by Crippen LogP contribution is 2.26. The minimum atomic E-state index is -0.453. The molecule has 2 N–H and O–H groups in total. The summed E-state index contributed by atoms with van der Waals surface area (Å²) in [4.78, 5) is 28.1. The van der Waals surface area contributed by atoms with Crippen LogP contribution in [0.2, 0.25) is 0 Å². The number of carbonyl (C=O) groups excluding carboxylic acids is 2. The molecule has 0 aliphatic heterocycles. The number of amides is 2. The van der Waals surface area contributed by atoms with Gasteiger partial charge in [0.25, 0.3) is 0 Å². The maximum absolute atomic E-state index is 11.9. The van der Waals surface area contributed by atoms with Crippen LogP contribution in [-0.2, 0) is 9.59 Å². The van der Waals surface area contributed by atoms with Crippen molar-refractivity contribution < 1.29 is 9.59 Å². The highest BCUT2D eigenvalue weighted by atomic mass is 79.9. The molecule has 0 fully saturated rings. The lowest BCUT2D eigenvalue weighted by molar-refractivity contribution is -0.128. The third kappa shape index (κ3) is 5.42. The molecule has 0 saturated heterocycles. The van der Waals surface area contributed by atoms with Crippen LogP contribution in [0.1, 0.15) is 27.2 Å². The summed E-state index contributed by atoms with van der Waals surface area (Å²) in [7, 11) is 0. The molecular formula is C17H20BrN3O2S. The van der Waals surface area contributed by atoms with Crippen LogP contribution in [0.4, 0.5) is 5.13 Å². The normalized spacial score (nSPS) is 11.2. The highest BCUT2D eigenvalue weighted by Gasteiger charge is 2.20. The monoisotopic (exact) mass is 409 g/mol. The van der Waals surface area contributed by atoms with Crippen molar-refractivity contribution >= 4 is 44.2 Å². The summed E-state index contributed by atoms with van der Waals surface area (Å²) in [5.41, 5.74) is 1.36. The fourth-order valence-electron chi connectivity index (χ4n) is 1.82. The van der Waals surface area contributed by atoms with Gasteiger partial charge in [0.1, 0.15) is 0 Å². The Kier molecular flexibility index (Phi) is 6.12. The van der Waals surface area contributed by atoms with Crippen molar-refractivity contribution in [1.82, 2.24) is 10.3 Å². The largest absolute Gasteiger partial charge is 0.355 e. The van der Waals surface area contributed by atoms with Crippen LogP contribution in [0.5, 0.6) is 0 Å². The van der Waals surface area contributed by atoms with Crippen molar-refractivity contribution in [3.8, 4) is 11.3 Å². The maximum atomic E-state index is 11.9. The van der Waals surface area contributed by atoms with Crippen molar-refractivity contribution in [2.45, 2.75) is 27.2 Å². The Morgan fingerprint density at radius 3 is 2.50 bits per heavy atom. The molecule has 0 atom stereocenters. The molecule has 0 radical (unpaired) electrons. The van der Waals surface area contributed by atoms with E-state index in [2.05, 4.69) is 31.5 Å². The van der Waals surface area contributed by atoms with Crippen LogP contribution in [0, 0.1) is 5.41 Å². The molecule has 0 unspecified atom stereocenters. The molecular weight excluding hydrogens is 390 g/mol. The van der Waals surface area contributed by atoms with E-state index in [1.807, 2.05) is 50.4 Å². The van der Waals surface area contributed by atoms with E-state index in [0.717, 1.165) is 15.7 Å². The van der Waals surface area contributed by atoms with Crippen molar-refractivity contribution in [2.75, 3.05) is 11.9 Å². The van der Waals surface area contributed by atoms with Gasteiger partial charge in [-0.15, -0.1) is 11.3 Å². The minimum Gasteiger partial charge on any atom is -0.355 e. The quantitative estimate of drug-likeness (QED) is 0.781. The molecule has 0 aliphatic carbocycles. The number of hydrogen-bond donors (Lipinski definition) is 2. The molecule has 2 rings (SSSR count). The zero-order valence-corrected chi connectivity index (χ0v) is 16.3. The van der Waals surface area contributed by atoms with E-state index in [9.17, 15) is 9.59 Å². The first-order chi connectivity index (χ1) is 11.3. The summed E-state index contributed by atoms with van der Waals surface area (Å²) in [6.07, 6.45) is 0.217. The smallest absolute Gasteiger partial charge is 0.227 e. The molecule has 24 heavy (non-hydrogen) atoms. The lowest BCUT2D eigenvalue weighted by Crippen LogP contribution is -2.36. The van der Waals surface area contributed by atoms with Gasteiger partial charge < -0.3 is 10.6 Å². The predicted molar refractivity (Wildman–Crippen MR) is 101 cm³/mol. The number of nitrogens with one attached hydrogen (secondary N) is 2. The zero-order chi connectivity index (χ0) is 17.7. The SMILES string of the molecule is CC(C)(C)C(=O)NCCC(=O)Nc1nc(-c2ccc(Br)cc2)cs1. The van der Waals surface area contributed by atoms with Gasteiger partial charge >= 0.3 is 0 Å². The Bertz CT molecular complexity index is 720. The van der Waals surface area contributed by atoms with Gasteiger partial charge in [0.05, 0.1) is 5.69 Å². The molecule has 128 valence electrons. The molecule has 2 aromatic rings. The van der Waals surface area contributed by atoms with E-state index >= 15 is 0 Å². The Labute approximate surface area is 154 Å². The van der Waals surface area contributed by atoms with Crippen LogP contribution in [-0.4, -0.2) is 23.3 Å². The summed E-state index contributed by atoms with van der Waals surface area (Å²) in [6.45, 7) is 5.82. The molecule has 0 saturated carbocycles. The van der Waals surface area contributed by atoms with E-state index in [-0.39, 0.29) is 18.2 Å². The third-order valence-electron chi connectivity index (χ3n) is 3.21. The predicted octanol–water partition coefficient (Wildman–Crippen LogP) is 4.06. The van der Waals surface area contributed by atoms with Gasteiger partial charge in [0, 0.05) is 33.8 Å². The van der Waals surface area contributed by atoms with Gasteiger partial charge in [-0.25, -0.2) is 4.98 Å². The van der Waals surface area contributed by atoms with E-state index in [0.29, 0.717) is 11.7 Å². The van der Waals surface area contributed by atoms with Crippen LogP contribution in [0.3, 0.4) is 0 Å². The van der Waals surface area contributed by atoms with Crippen molar-refractivity contribution in [1.29, 1.82) is 0 Å². The van der Waals surface area contributed by atoms with Gasteiger partial charge in [-0.2, -0.15) is 0 Å². The Hall–Kier alpha value is -1.73. The van der Waals surface area contributed by atoms with Gasteiger partial charge in [-0.05, 0) is 12.1 Å². The van der Waals surface area contributed by atoms with Crippen LogP contribution in [0.15, 0.2) is 34.1 Å². The molecule has 5 nitrogen and oxygen atoms in total. The number of benzene rings is 1. The molecule has 1 aromatic heterocycles. The number of rotatable bonds is 5. The van der Waals surface area contributed by atoms with Gasteiger partial charge in [-0.3, -0.25) is 9.59 Å². The number of aromatic nitrogens is 1. The zero-order valence-electron chi connectivity index (χ0n) is 13.9. The molecule has 1 heterocycles. The number of hydrogen-bond acceptors (Lipinski definition) is 4. The van der Waals surface area contributed by atoms with E-state index < -0.39 is 5.41 Å². The van der Waals surface area contributed by atoms with E-state index in [1.165, 1.54) is 11.3 Å². The van der Waals surface area contributed by atoms with Crippen LogP contribution >= 0.6 is 27.3 Å². The molecule has 0 aliphatic rings. The summed E-state index contributed by atoms with van der Waals surface area (Å²) < 4.78 is 1.01. The second-order valence-corrected chi connectivity index (χ2v) is 8.12. The molecule has 2 amide bonds. The summed E-state index contributed by atoms with van der Waals surface area (Å²) >= 11 is 4.78. The summed E-state index contributed by atoms with van der Waals surface area (Å²) in [5.74, 6) is -0.233. The number of thiazole rings is 1. The fourth-order valence-corrected chi connectivity index (χ4v) is 2.82.